The number of rotatable bonds is 2. The summed E-state index contributed by atoms with van der Waals surface area (Å²) in [6.07, 6.45) is 5.19. The third kappa shape index (κ3) is 5.71. The average Bonchev–Trinajstić information content (AvgIpc) is 2.42. The topological polar surface area (TPSA) is 13.1 Å². The molecule has 1 nitrogen and oxygen atoms in total. The lowest BCUT2D eigenvalue weighted by atomic mass is 10.3. The van der Waals surface area contributed by atoms with E-state index in [0.29, 0.717) is 0 Å². The van der Waals surface area contributed by atoms with Crippen LogP contribution in [-0.4, -0.2) is 0 Å². The highest BCUT2D eigenvalue weighted by atomic mass is 16.3. The monoisotopic (exact) mass is 154 g/mol. The molecule has 1 heteroatoms. The average molecular weight is 154 g/mol. The molecule has 0 aliphatic heterocycles. The zero-order valence-corrected chi connectivity index (χ0v) is 7.76. The molecule has 0 aliphatic carbocycles. The van der Waals surface area contributed by atoms with Crippen LogP contribution in [0, 0.1) is 0 Å². The van der Waals surface area contributed by atoms with E-state index in [0.717, 1.165) is 18.6 Å². The Bertz CT molecular complexity index is 142. The summed E-state index contributed by atoms with van der Waals surface area (Å²) in [5.74, 6) is 1.09. The second-order valence-corrected chi connectivity index (χ2v) is 2.54. The van der Waals surface area contributed by atoms with Crippen molar-refractivity contribution < 1.29 is 4.42 Å². The maximum atomic E-state index is 5.07. The van der Waals surface area contributed by atoms with Crippen LogP contribution >= 0.6 is 0 Å². The summed E-state index contributed by atoms with van der Waals surface area (Å²) in [5.41, 5.74) is 0. The van der Waals surface area contributed by atoms with Gasteiger partial charge < -0.3 is 4.42 Å². The third-order valence-electron chi connectivity index (χ3n) is 1.08. The lowest BCUT2D eigenvalue weighted by Gasteiger charge is -1.85. The maximum Gasteiger partial charge on any atom is 0.103 e. The van der Waals surface area contributed by atoms with Crippen LogP contribution in [0.3, 0.4) is 0 Å². The van der Waals surface area contributed by atoms with E-state index < -0.39 is 0 Å². The van der Waals surface area contributed by atoms with Crippen molar-refractivity contribution in [2.45, 2.75) is 40.0 Å². The fourth-order valence-electron chi connectivity index (χ4n) is 0.701. The maximum absolute atomic E-state index is 5.07. The predicted molar refractivity (Wildman–Crippen MR) is 48.7 cm³/mol. The smallest absolute Gasteiger partial charge is 0.103 e. The molecule has 0 saturated carbocycles. The minimum Gasteiger partial charge on any atom is -0.469 e. The summed E-state index contributed by atoms with van der Waals surface area (Å²) >= 11 is 0. The fourth-order valence-corrected chi connectivity index (χ4v) is 0.701. The van der Waals surface area contributed by atoms with Gasteiger partial charge in [0.2, 0.25) is 0 Å². The van der Waals surface area contributed by atoms with Crippen molar-refractivity contribution >= 4 is 0 Å². The Labute approximate surface area is 69.4 Å². The molecule has 0 amide bonds. The van der Waals surface area contributed by atoms with Gasteiger partial charge in [0.15, 0.2) is 0 Å². The van der Waals surface area contributed by atoms with Gasteiger partial charge in [0.25, 0.3) is 0 Å². The van der Waals surface area contributed by atoms with E-state index in [4.69, 9.17) is 4.42 Å². The summed E-state index contributed by atoms with van der Waals surface area (Å²) in [6.45, 7) is 6.39. The third-order valence-corrected chi connectivity index (χ3v) is 1.08. The minimum atomic E-state index is 1.06. The number of furan rings is 1. The second kappa shape index (κ2) is 7.39. The molecule has 0 aromatic carbocycles. The van der Waals surface area contributed by atoms with E-state index in [1.54, 1.807) is 6.26 Å². The Morgan fingerprint density at radius 2 is 1.91 bits per heavy atom. The van der Waals surface area contributed by atoms with Crippen LogP contribution in [0.2, 0.25) is 0 Å². The molecule has 1 heterocycles. The van der Waals surface area contributed by atoms with Crippen molar-refractivity contribution in [3.8, 4) is 0 Å². The van der Waals surface area contributed by atoms with Crippen LogP contribution in [0.4, 0.5) is 0 Å². The first-order valence-electron chi connectivity index (χ1n) is 4.37. The highest BCUT2D eigenvalue weighted by Gasteiger charge is 1.88. The standard InChI is InChI=1S/C7H10O.C3H8/c1-2-4-7-5-3-6-8-7;1-3-2/h3,5-6H,2,4H2,1H3;3H2,1-2H3. The Kier molecular flexibility index (Phi) is 6.90. The van der Waals surface area contributed by atoms with Crippen molar-refractivity contribution in [2.24, 2.45) is 0 Å². The molecule has 0 radical (unpaired) electrons. The fraction of sp³-hybridized carbons (Fsp3) is 0.600. The van der Waals surface area contributed by atoms with Crippen LogP contribution in [0.15, 0.2) is 22.8 Å². The Balaban J connectivity index is 0.000000292. The van der Waals surface area contributed by atoms with E-state index in [2.05, 4.69) is 20.8 Å². The van der Waals surface area contributed by atoms with Crippen LogP contribution in [-0.2, 0) is 6.42 Å². The first kappa shape index (κ1) is 10.3. The second-order valence-electron chi connectivity index (χ2n) is 2.54. The summed E-state index contributed by atoms with van der Waals surface area (Å²) < 4.78 is 5.07. The quantitative estimate of drug-likeness (QED) is 0.633. The predicted octanol–water partition coefficient (Wildman–Crippen LogP) is 3.65. The van der Waals surface area contributed by atoms with Crippen molar-refractivity contribution in [1.29, 1.82) is 0 Å². The molecule has 0 unspecified atom stereocenters. The first-order chi connectivity index (χ1) is 5.35. The summed E-state index contributed by atoms with van der Waals surface area (Å²) in [6, 6.07) is 3.93. The number of aryl methyl sites for hydroxylation is 1. The Hall–Kier alpha value is -0.720. The number of hydrogen-bond acceptors (Lipinski definition) is 1. The zero-order valence-electron chi connectivity index (χ0n) is 7.76. The van der Waals surface area contributed by atoms with Crippen LogP contribution in [0.25, 0.3) is 0 Å². The lowest BCUT2D eigenvalue weighted by Crippen LogP contribution is -1.73. The van der Waals surface area contributed by atoms with E-state index in [9.17, 15) is 0 Å². The van der Waals surface area contributed by atoms with Gasteiger partial charge >= 0.3 is 0 Å². The van der Waals surface area contributed by atoms with Gasteiger partial charge in [-0.3, -0.25) is 0 Å². The minimum absolute atomic E-state index is 1.06. The van der Waals surface area contributed by atoms with E-state index in [1.165, 1.54) is 6.42 Å². The van der Waals surface area contributed by atoms with Gasteiger partial charge in [-0.2, -0.15) is 0 Å². The van der Waals surface area contributed by atoms with E-state index >= 15 is 0 Å². The Morgan fingerprint density at radius 1 is 1.27 bits per heavy atom. The van der Waals surface area contributed by atoms with Gasteiger partial charge in [-0.1, -0.05) is 27.2 Å². The molecule has 0 fully saturated rings. The molecule has 1 aromatic rings. The normalized spacial score (nSPS) is 8.64. The molecule has 0 bridgehead atoms. The van der Waals surface area contributed by atoms with Crippen molar-refractivity contribution in [1.82, 2.24) is 0 Å². The zero-order chi connectivity index (χ0) is 8.53. The molecule has 1 aromatic heterocycles. The molecule has 0 N–H and O–H groups in total. The van der Waals surface area contributed by atoms with Crippen LogP contribution in [0.1, 0.15) is 39.4 Å². The SMILES string of the molecule is CCC.CCCc1ccco1. The first-order valence-corrected chi connectivity index (χ1v) is 4.37. The Morgan fingerprint density at radius 3 is 2.27 bits per heavy atom. The molecule has 11 heavy (non-hydrogen) atoms. The molecule has 0 atom stereocenters. The van der Waals surface area contributed by atoms with Gasteiger partial charge in [0, 0.05) is 6.42 Å². The van der Waals surface area contributed by atoms with Gasteiger partial charge in [-0.05, 0) is 18.6 Å². The number of hydrogen-bond donors (Lipinski definition) is 0. The largest absolute Gasteiger partial charge is 0.469 e. The van der Waals surface area contributed by atoms with Crippen molar-refractivity contribution in [3.63, 3.8) is 0 Å². The van der Waals surface area contributed by atoms with E-state index in [1.807, 2.05) is 12.1 Å². The van der Waals surface area contributed by atoms with Gasteiger partial charge in [0.1, 0.15) is 5.76 Å². The summed E-state index contributed by atoms with van der Waals surface area (Å²) in [5, 5.41) is 0. The van der Waals surface area contributed by atoms with Gasteiger partial charge in [0.05, 0.1) is 6.26 Å². The molecule has 0 saturated heterocycles. The molecule has 0 spiro atoms. The molecule has 64 valence electrons. The van der Waals surface area contributed by atoms with Gasteiger partial charge in [-0.25, -0.2) is 0 Å². The van der Waals surface area contributed by atoms with E-state index in [-0.39, 0.29) is 0 Å². The lowest BCUT2D eigenvalue weighted by molar-refractivity contribution is 0.506. The van der Waals surface area contributed by atoms with Crippen LogP contribution < -0.4 is 0 Å². The van der Waals surface area contributed by atoms with Crippen molar-refractivity contribution in [2.75, 3.05) is 0 Å². The highest BCUT2D eigenvalue weighted by Crippen LogP contribution is 2.01. The summed E-state index contributed by atoms with van der Waals surface area (Å²) in [7, 11) is 0. The molecule has 0 aliphatic rings. The van der Waals surface area contributed by atoms with Crippen LogP contribution in [0.5, 0.6) is 0 Å². The molecule has 1 rings (SSSR count). The van der Waals surface area contributed by atoms with Gasteiger partial charge in [-0.15, -0.1) is 0 Å². The van der Waals surface area contributed by atoms with Crippen molar-refractivity contribution in [3.05, 3.63) is 24.2 Å². The summed E-state index contributed by atoms with van der Waals surface area (Å²) in [4.78, 5) is 0. The highest BCUT2D eigenvalue weighted by molar-refractivity contribution is 4.97. The molecular formula is C10H18O. The molecular weight excluding hydrogens is 136 g/mol.